The molecule has 1 aromatic heterocycles. The average molecular weight is 511 g/mol. The molecule has 1 aliphatic heterocycles. The molecule has 192 valence electrons. The summed E-state index contributed by atoms with van der Waals surface area (Å²) >= 11 is 0. The van der Waals surface area contributed by atoms with Gasteiger partial charge in [0.15, 0.2) is 23.3 Å². The van der Waals surface area contributed by atoms with E-state index >= 15 is 0 Å². The van der Waals surface area contributed by atoms with Gasteiger partial charge in [-0.25, -0.2) is 4.98 Å². The van der Waals surface area contributed by atoms with Gasteiger partial charge in [0, 0.05) is 48.6 Å². The standard InChI is InChI=1S/C27H26F4N6/c1-3-17-14-16(2)23(21-15-18(28)8-9-19(17)21)33-25-26(37-12-10-32-11-13-37)36-35-24(34-25)20-6-4-5-7-22(20)27(29,30)31/h4-7,15,17,32H,3,10-14H2,1-2H3,(H,33,34,35). The van der Waals surface area contributed by atoms with Crippen LogP contribution in [0.15, 0.2) is 35.9 Å². The summed E-state index contributed by atoms with van der Waals surface area (Å²) in [5, 5.41) is 15.0. The third-order valence-electron chi connectivity index (χ3n) is 6.83. The first-order valence-electron chi connectivity index (χ1n) is 12.2. The van der Waals surface area contributed by atoms with Gasteiger partial charge in [-0.3, -0.25) is 0 Å². The fraction of sp³-hybridized carbons (Fsp3) is 0.370. The summed E-state index contributed by atoms with van der Waals surface area (Å²) in [6.45, 7) is 6.73. The molecule has 10 heteroatoms. The van der Waals surface area contributed by atoms with Crippen molar-refractivity contribution in [1.82, 2.24) is 20.5 Å². The van der Waals surface area contributed by atoms with Gasteiger partial charge in [-0.15, -0.1) is 10.2 Å². The number of allylic oxidation sites excluding steroid dienone is 1. The Bertz CT molecular complexity index is 1330. The number of nitrogens with zero attached hydrogens (tertiary/aromatic N) is 4. The van der Waals surface area contributed by atoms with Crippen LogP contribution in [0.3, 0.4) is 0 Å². The Hall–Kier alpha value is -3.71. The van der Waals surface area contributed by atoms with Crippen molar-refractivity contribution in [3.05, 3.63) is 70.5 Å². The molecule has 2 aliphatic rings. The van der Waals surface area contributed by atoms with Gasteiger partial charge in [0.2, 0.25) is 0 Å². The molecular weight excluding hydrogens is 484 g/mol. The molecule has 2 N–H and O–H groups in total. The Kier molecular flexibility index (Phi) is 6.73. The lowest BCUT2D eigenvalue weighted by molar-refractivity contribution is -0.137. The quantitative estimate of drug-likeness (QED) is 0.446. The molecule has 1 unspecified atom stereocenters. The fourth-order valence-electron chi connectivity index (χ4n) is 4.94. The van der Waals surface area contributed by atoms with E-state index in [1.165, 1.54) is 24.3 Å². The highest BCUT2D eigenvalue weighted by molar-refractivity contribution is 5.84. The highest BCUT2D eigenvalue weighted by Gasteiger charge is 2.35. The summed E-state index contributed by atoms with van der Waals surface area (Å²) in [6.07, 6.45) is -2.99. The first-order valence-corrected chi connectivity index (χ1v) is 12.2. The van der Waals surface area contributed by atoms with Crippen LogP contribution in [0.2, 0.25) is 0 Å². The van der Waals surface area contributed by atoms with Crippen molar-refractivity contribution in [3.8, 4) is 11.4 Å². The number of fused-ring (bicyclic) bond motifs is 1. The zero-order valence-electron chi connectivity index (χ0n) is 20.5. The van der Waals surface area contributed by atoms with E-state index < -0.39 is 17.6 Å². The van der Waals surface area contributed by atoms with E-state index in [4.69, 9.17) is 0 Å². The highest BCUT2D eigenvalue weighted by atomic mass is 19.4. The van der Waals surface area contributed by atoms with E-state index in [2.05, 4.69) is 44.9 Å². The molecule has 5 rings (SSSR count). The Labute approximate surface area is 212 Å². The second-order valence-corrected chi connectivity index (χ2v) is 9.25. The molecule has 2 aromatic carbocycles. The van der Waals surface area contributed by atoms with E-state index in [1.54, 1.807) is 0 Å². The Morgan fingerprint density at radius 1 is 1.11 bits per heavy atom. The van der Waals surface area contributed by atoms with Crippen molar-refractivity contribution in [2.75, 3.05) is 36.4 Å². The monoisotopic (exact) mass is 510 g/mol. The molecule has 0 radical (unpaired) electrons. The lowest BCUT2D eigenvalue weighted by Gasteiger charge is -2.31. The molecule has 0 bridgehead atoms. The minimum Gasteiger partial charge on any atom is -0.349 e. The molecule has 1 aliphatic carbocycles. The van der Waals surface area contributed by atoms with Crippen LogP contribution in [0.5, 0.6) is 0 Å². The van der Waals surface area contributed by atoms with Crippen LogP contribution in [-0.4, -0.2) is 41.4 Å². The molecular formula is C27H26F4N6. The third kappa shape index (κ3) is 4.96. The first-order chi connectivity index (χ1) is 17.8. The molecule has 1 atom stereocenters. The van der Waals surface area contributed by atoms with E-state index in [9.17, 15) is 17.6 Å². The van der Waals surface area contributed by atoms with Crippen LogP contribution in [0.1, 0.15) is 49.3 Å². The van der Waals surface area contributed by atoms with Crippen LogP contribution in [0, 0.1) is 17.9 Å². The van der Waals surface area contributed by atoms with Gasteiger partial charge in [0.05, 0.1) is 5.56 Å². The molecule has 1 fully saturated rings. The number of anilines is 2. The van der Waals surface area contributed by atoms with Crippen LogP contribution in [0.4, 0.5) is 29.2 Å². The van der Waals surface area contributed by atoms with Crippen LogP contribution in [0.25, 0.3) is 17.1 Å². The third-order valence-corrected chi connectivity index (χ3v) is 6.83. The minimum absolute atomic E-state index is 0.144. The molecule has 1 saturated heterocycles. The summed E-state index contributed by atoms with van der Waals surface area (Å²) in [5.74, 6) is 0.191. The summed E-state index contributed by atoms with van der Waals surface area (Å²) in [5.41, 5.74) is 2.14. The maximum Gasteiger partial charge on any atom is 0.417 e. The number of benzene rings is 1. The van der Waals surface area contributed by atoms with Gasteiger partial charge in [0.1, 0.15) is 0 Å². The van der Waals surface area contributed by atoms with E-state index in [-0.39, 0.29) is 23.1 Å². The van der Waals surface area contributed by atoms with Crippen LogP contribution in [-0.2, 0) is 6.18 Å². The predicted octanol–water partition coefficient (Wildman–Crippen LogP) is 5.45. The molecule has 0 spiro atoms. The summed E-state index contributed by atoms with van der Waals surface area (Å²) in [6, 6.07) is 12.1. The van der Waals surface area contributed by atoms with E-state index in [0.717, 1.165) is 43.1 Å². The normalized spacial score (nSPS) is 17.9. The molecule has 3 aromatic rings. The number of aromatic nitrogens is 3. The topological polar surface area (TPSA) is 66.0 Å². The predicted molar refractivity (Wildman–Crippen MR) is 133 cm³/mol. The second kappa shape index (κ2) is 9.98. The number of hydrogen-bond donors (Lipinski definition) is 2. The lowest BCUT2D eigenvalue weighted by Crippen LogP contribution is -2.44. The van der Waals surface area contributed by atoms with Gasteiger partial charge in [-0.2, -0.15) is 17.6 Å². The number of nitrogens with one attached hydrogen (secondary N) is 2. The number of halogens is 4. The SMILES string of the molecule is CCC1CC(C)=C(Nc2nc(-c3ccccc3C(F)(F)F)nnc2N2CCNCC2)c2cc(F)c#cc21. The Morgan fingerprint density at radius 2 is 1.86 bits per heavy atom. The van der Waals surface area contributed by atoms with Crippen molar-refractivity contribution in [2.45, 2.75) is 38.8 Å². The van der Waals surface area contributed by atoms with Crippen molar-refractivity contribution < 1.29 is 17.6 Å². The zero-order chi connectivity index (χ0) is 26.2. The Morgan fingerprint density at radius 3 is 2.59 bits per heavy atom. The molecule has 2 heterocycles. The zero-order valence-corrected chi connectivity index (χ0v) is 20.5. The second-order valence-electron chi connectivity index (χ2n) is 9.25. The number of rotatable bonds is 5. The number of hydrogen-bond acceptors (Lipinski definition) is 6. The van der Waals surface area contributed by atoms with Gasteiger partial charge >= 0.3 is 6.18 Å². The molecule has 37 heavy (non-hydrogen) atoms. The maximum absolute atomic E-state index is 14.3. The van der Waals surface area contributed by atoms with E-state index in [0.29, 0.717) is 30.2 Å². The van der Waals surface area contributed by atoms with E-state index in [1.807, 2.05) is 11.8 Å². The smallest absolute Gasteiger partial charge is 0.349 e. The summed E-state index contributed by atoms with van der Waals surface area (Å²) in [7, 11) is 0. The van der Waals surface area contributed by atoms with Crippen molar-refractivity contribution in [1.29, 1.82) is 0 Å². The minimum atomic E-state index is -4.58. The van der Waals surface area contributed by atoms with Gasteiger partial charge in [0.25, 0.3) is 0 Å². The van der Waals surface area contributed by atoms with Crippen LogP contribution >= 0.6 is 0 Å². The summed E-state index contributed by atoms with van der Waals surface area (Å²) < 4.78 is 55.5. The highest BCUT2D eigenvalue weighted by Crippen LogP contribution is 2.41. The lowest BCUT2D eigenvalue weighted by atomic mass is 9.81. The number of alkyl halides is 3. The van der Waals surface area contributed by atoms with Gasteiger partial charge < -0.3 is 15.5 Å². The fourth-order valence-corrected chi connectivity index (χ4v) is 4.94. The molecule has 6 nitrogen and oxygen atoms in total. The molecule has 0 saturated carbocycles. The van der Waals surface area contributed by atoms with Gasteiger partial charge in [-0.05, 0) is 49.5 Å². The molecule has 0 amide bonds. The number of piperazine rings is 1. The largest absolute Gasteiger partial charge is 0.417 e. The average Bonchev–Trinajstić information content (AvgIpc) is 2.90. The maximum atomic E-state index is 14.3. The van der Waals surface area contributed by atoms with Gasteiger partial charge in [-0.1, -0.05) is 31.2 Å². The van der Waals surface area contributed by atoms with Crippen molar-refractivity contribution in [2.24, 2.45) is 0 Å². The van der Waals surface area contributed by atoms with Crippen molar-refractivity contribution in [3.63, 3.8) is 0 Å². The van der Waals surface area contributed by atoms with Crippen LogP contribution < -0.4 is 15.5 Å². The van der Waals surface area contributed by atoms with Crippen molar-refractivity contribution >= 4 is 17.3 Å². The summed E-state index contributed by atoms with van der Waals surface area (Å²) in [4.78, 5) is 6.55. The Balaban J connectivity index is 1.63. The first kappa shape index (κ1) is 25.0.